The fourth-order valence-electron chi connectivity index (χ4n) is 5.17. The molecule has 1 N–H and O–H groups in total. The minimum absolute atomic E-state index is 0.0244. The lowest BCUT2D eigenvalue weighted by Crippen LogP contribution is -2.44. The first-order chi connectivity index (χ1) is 16.0. The molecule has 2 aromatic carbocycles. The normalized spacial score (nSPS) is 22.7. The van der Waals surface area contributed by atoms with Crippen molar-refractivity contribution in [2.45, 2.75) is 43.4 Å². The van der Waals surface area contributed by atoms with Crippen LogP contribution >= 0.6 is 0 Å². The molecule has 7 nitrogen and oxygen atoms in total. The van der Waals surface area contributed by atoms with Crippen molar-refractivity contribution in [3.8, 4) is 11.5 Å². The molecule has 1 saturated carbocycles. The van der Waals surface area contributed by atoms with Gasteiger partial charge in [0, 0.05) is 36.8 Å². The molecule has 176 valence electrons. The molecule has 0 radical (unpaired) electrons. The number of rotatable bonds is 4. The first-order valence-electron chi connectivity index (χ1n) is 11.8. The van der Waals surface area contributed by atoms with Crippen LogP contribution in [-0.2, 0) is 10.0 Å². The van der Waals surface area contributed by atoms with E-state index in [0.29, 0.717) is 41.9 Å². The van der Waals surface area contributed by atoms with Crippen molar-refractivity contribution in [2.75, 3.05) is 31.0 Å². The number of nitrogens with one attached hydrogen (secondary N) is 1. The second kappa shape index (κ2) is 9.25. The molecule has 0 aromatic heterocycles. The molecule has 1 amide bonds. The van der Waals surface area contributed by atoms with E-state index in [-0.39, 0.29) is 10.8 Å². The molecular weight excluding hydrogens is 440 g/mol. The summed E-state index contributed by atoms with van der Waals surface area (Å²) in [6, 6.07) is 11.3. The van der Waals surface area contributed by atoms with Gasteiger partial charge in [-0.1, -0.05) is 19.3 Å². The molecule has 1 saturated heterocycles. The van der Waals surface area contributed by atoms with Gasteiger partial charge in [-0.05, 0) is 61.1 Å². The summed E-state index contributed by atoms with van der Waals surface area (Å²) in [5.74, 6) is 2.39. The van der Waals surface area contributed by atoms with Crippen LogP contribution in [0.25, 0.3) is 0 Å². The fraction of sp³-hybridized carbons (Fsp3) is 0.480. The van der Waals surface area contributed by atoms with E-state index < -0.39 is 10.0 Å². The topological polar surface area (TPSA) is 84.9 Å². The number of anilines is 1. The van der Waals surface area contributed by atoms with Gasteiger partial charge in [0.2, 0.25) is 0 Å². The third-order valence-corrected chi connectivity index (χ3v) is 8.37. The summed E-state index contributed by atoms with van der Waals surface area (Å²) >= 11 is 0. The van der Waals surface area contributed by atoms with Crippen LogP contribution in [0.5, 0.6) is 11.5 Å². The molecule has 2 aliphatic heterocycles. The Bertz CT molecular complexity index is 1120. The average molecular weight is 471 g/mol. The second-order valence-electron chi connectivity index (χ2n) is 9.19. The molecule has 2 atom stereocenters. The highest BCUT2D eigenvalue weighted by Crippen LogP contribution is 2.36. The average Bonchev–Trinajstić information content (AvgIpc) is 3.08. The third-order valence-electron chi connectivity index (χ3n) is 6.99. The number of fused-ring (bicyclic) bond motifs is 2. The summed E-state index contributed by atoms with van der Waals surface area (Å²) in [5.41, 5.74) is 0.993. The zero-order valence-corrected chi connectivity index (χ0v) is 19.5. The van der Waals surface area contributed by atoms with E-state index in [4.69, 9.17) is 9.47 Å². The van der Waals surface area contributed by atoms with Gasteiger partial charge in [-0.15, -0.1) is 0 Å². The van der Waals surface area contributed by atoms with E-state index in [1.165, 1.54) is 37.8 Å². The Morgan fingerprint density at radius 2 is 1.61 bits per heavy atom. The van der Waals surface area contributed by atoms with Crippen molar-refractivity contribution in [2.24, 2.45) is 11.8 Å². The van der Waals surface area contributed by atoms with E-state index >= 15 is 0 Å². The summed E-state index contributed by atoms with van der Waals surface area (Å²) in [6.45, 7) is 2.67. The minimum Gasteiger partial charge on any atom is -0.490 e. The Morgan fingerprint density at radius 1 is 0.879 bits per heavy atom. The van der Waals surface area contributed by atoms with Crippen LogP contribution in [0.4, 0.5) is 5.69 Å². The lowest BCUT2D eigenvalue weighted by atomic mass is 9.75. The van der Waals surface area contributed by atoms with Crippen LogP contribution in [0, 0.1) is 11.8 Å². The van der Waals surface area contributed by atoms with Crippen LogP contribution in [0.15, 0.2) is 47.4 Å². The summed E-state index contributed by atoms with van der Waals surface area (Å²) in [6.07, 6.45) is 6.93. The van der Waals surface area contributed by atoms with Gasteiger partial charge in [0.1, 0.15) is 0 Å². The highest BCUT2D eigenvalue weighted by molar-refractivity contribution is 7.92. The number of sulfonamides is 1. The number of likely N-dealkylation sites (tertiary alicyclic amines) is 1. The van der Waals surface area contributed by atoms with Gasteiger partial charge in [-0.25, -0.2) is 8.42 Å². The molecule has 1 aliphatic carbocycles. The SMILES string of the molecule is O=C(c1ccc(NS(=O)(=O)c2ccc3c(c2)OCCCO3)cc1)N1CC[C@@H]2CCCC[C@H]2C1. The predicted octanol–water partition coefficient (Wildman–Crippen LogP) is 4.30. The zero-order valence-electron chi connectivity index (χ0n) is 18.7. The number of hydrogen-bond acceptors (Lipinski definition) is 5. The van der Waals surface area contributed by atoms with E-state index in [1.807, 2.05) is 4.90 Å². The van der Waals surface area contributed by atoms with Gasteiger partial charge in [0.05, 0.1) is 18.1 Å². The quantitative estimate of drug-likeness (QED) is 0.720. The van der Waals surface area contributed by atoms with E-state index in [0.717, 1.165) is 31.8 Å². The van der Waals surface area contributed by atoms with Crippen LogP contribution in [0.3, 0.4) is 0 Å². The number of hydrogen-bond donors (Lipinski definition) is 1. The van der Waals surface area contributed by atoms with E-state index in [9.17, 15) is 13.2 Å². The predicted molar refractivity (Wildman–Crippen MR) is 125 cm³/mol. The highest BCUT2D eigenvalue weighted by Gasteiger charge is 2.33. The van der Waals surface area contributed by atoms with Crippen molar-refractivity contribution in [3.05, 3.63) is 48.0 Å². The molecule has 2 aromatic rings. The smallest absolute Gasteiger partial charge is 0.262 e. The summed E-state index contributed by atoms with van der Waals surface area (Å²) in [5, 5.41) is 0. The number of amides is 1. The van der Waals surface area contributed by atoms with Crippen molar-refractivity contribution in [3.63, 3.8) is 0 Å². The fourth-order valence-corrected chi connectivity index (χ4v) is 6.25. The van der Waals surface area contributed by atoms with Crippen LogP contribution < -0.4 is 14.2 Å². The molecule has 5 rings (SSSR count). The van der Waals surface area contributed by atoms with Crippen molar-refractivity contribution < 1.29 is 22.7 Å². The Hall–Kier alpha value is -2.74. The van der Waals surface area contributed by atoms with Crippen molar-refractivity contribution in [1.29, 1.82) is 0 Å². The van der Waals surface area contributed by atoms with Crippen molar-refractivity contribution in [1.82, 2.24) is 4.90 Å². The van der Waals surface area contributed by atoms with Gasteiger partial charge < -0.3 is 14.4 Å². The van der Waals surface area contributed by atoms with Crippen LogP contribution in [0.2, 0.25) is 0 Å². The van der Waals surface area contributed by atoms with Gasteiger partial charge >= 0.3 is 0 Å². The summed E-state index contributed by atoms with van der Waals surface area (Å²) in [4.78, 5) is 15.1. The van der Waals surface area contributed by atoms with Gasteiger partial charge in [-0.2, -0.15) is 0 Å². The van der Waals surface area contributed by atoms with Gasteiger partial charge in [0.15, 0.2) is 11.5 Å². The molecular formula is C25H30N2O5S. The molecule has 33 heavy (non-hydrogen) atoms. The summed E-state index contributed by atoms with van der Waals surface area (Å²) in [7, 11) is -3.81. The third kappa shape index (κ3) is 4.81. The maximum Gasteiger partial charge on any atom is 0.262 e. The second-order valence-corrected chi connectivity index (χ2v) is 10.9. The molecule has 2 heterocycles. The first kappa shape index (κ1) is 22.1. The van der Waals surface area contributed by atoms with E-state index in [2.05, 4.69) is 4.72 Å². The number of ether oxygens (including phenoxy) is 2. The monoisotopic (exact) mass is 470 g/mol. The lowest BCUT2D eigenvalue weighted by molar-refractivity contribution is 0.0521. The number of piperidine rings is 1. The van der Waals surface area contributed by atoms with E-state index in [1.54, 1.807) is 30.3 Å². The maximum absolute atomic E-state index is 13.0. The molecule has 8 heteroatoms. The standard InChI is InChI=1S/C25H30N2O5S/c28-25(27-13-12-18-4-1-2-5-20(18)17-27)19-6-8-21(9-7-19)26-33(29,30)22-10-11-23-24(16-22)32-15-3-14-31-23/h6-11,16,18,20,26H,1-5,12-15,17H2/t18-,20-/m0/s1. The molecule has 2 fully saturated rings. The molecule has 3 aliphatic rings. The van der Waals surface area contributed by atoms with Crippen molar-refractivity contribution >= 4 is 21.6 Å². The zero-order chi connectivity index (χ0) is 22.8. The van der Waals surface area contributed by atoms with Crippen LogP contribution in [0.1, 0.15) is 48.9 Å². The molecule has 0 bridgehead atoms. The largest absolute Gasteiger partial charge is 0.490 e. The number of carbonyl (C=O) groups excluding carboxylic acids is 1. The number of nitrogens with zero attached hydrogens (tertiary/aromatic N) is 1. The van der Waals surface area contributed by atoms with Gasteiger partial charge in [-0.3, -0.25) is 9.52 Å². The molecule has 0 unspecified atom stereocenters. The lowest BCUT2D eigenvalue weighted by Gasteiger charge is -2.41. The van der Waals surface area contributed by atoms with Crippen LogP contribution in [-0.4, -0.2) is 45.5 Å². The number of benzene rings is 2. The number of carbonyl (C=O) groups is 1. The Labute approximate surface area is 195 Å². The van der Waals surface area contributed by atoms with Gasteiger partial charge in [0.25, 0.3) is 15.9 Å². The summed E-state index contributed by atoms with van der Waals surface area (Å²) < 4.78 is 39.6. The maximum atomic E-state index is 13.0. The Morgan fingerprint density at radius 3 is 2.39 bits per heavy atom. The first-order valence-corrected chi connectivity index (χ1v) is 13.3. The Kier molecular flexibility index (Phi) is 6.19. The minimum atomic E-state index is -3.81. The molecule has 0 spiro atoms. The Balaban J connectivity index is 1.26. The highest BCUT2D eigenvalue weighted by atomic mass is 32.2.